The Balaban J connectivity index is 1.54. The summed E-state index contributed by atoms with van der Waals surface area (Å²) in [6.07, 6.45) is 5.16. The van der Waals surface area contributed by atoms with Crippen molar-refractivity contribution in [1.82, 2.24) is 20.1 Å². The summed E-state index contributed by atoms with van der Waals surface area (Å²) in [4.78, 5) is 17.2. The van der Waals surface area contributed by atoms with E-state index >= 15 is 0 Å². The maximum atomic E-state index is 12.7. The largest absolute Gasteiger partial charge is 0.348 e. The van der Waals surface area contributed by atoms with Crippen LogP contribution in [-0.4, -0.2) is 20.7 Å². The normalized spacial score (nSPS) is 15.1. The number of aromatic nitrogens is 3. The average Bonchev–Trinajstić information content (AvgIpc) is 3.46. The molecule has 1 aromatic carbocycles. The summed E-state index contributed by atoms with van der Waals surface area (Å²) in [5, 5.41) is 8.88. The quantitative estimate of drug-likeness (QED) is 0.715. The number of aryl methyl sites for hydroxylation is 2. The van der Waals surface area contributed by atoms with Gasteiger partial charge in [-0.1, -0.05) is 36.8 Å². The molecule has 1 fully saturated rings. The highest BCUT2D eigenvalue weighted by molar-refractivity contribution is 5.85. The number of amides is 1. The fourth-order valence-electron chi connectivity index (χ4n) is 3.75. The number of carbonyl (C=O) groups is 1. The van der Waals surface area contributed by atoms with Crippen LogP contribution < -0.4 is 5.32 Å². The van der Waals surface area contributed by atoms with Gasteiger partial charge in [0.2, 0.25) is 5.91 Å². The maximum Gasteiger partial charge on any atom is 0.242 e. The first-order valence-electron chi connectivity index (χ1n) is 9.74. The molecule has 0 saturated heterocycles. The summed E-state index contributed by atoms with van der Waals surface area (Å²) in [6.45, 7) is 6.35. The van der Waals surface area contributed by atoms with Crippen LogP contribution in [0.15, 0.2) is 36.5 Å². The Hall–Kier alpha value is -2.69. The Morgan fingerprint density at radius 3 is 2.63 bits per heavy atom. The van der Waals surface area contributed by atoms with Gasteiger partial charge >= 0.3 is 0 Å². The number of nitrogens with zero attached hydrogens (tertiary/aromatic N) is 3. The molecule has 0 aliphatic heterocycles. The molecule has 1 aliphatic carbocycles. The Morgan fingerprint density at radius 2 is 1.96 bits per heavy atom. The van der Waals surface area contributed by atoms with Crippen LogP contribution in [0.4, 0.5) is 0 Å². The van der Waals surface area contributed by atoms with Crippen LogP contribution >= 0.6 is 0 Å². The highest BCUT2D eigenvalue weighted by Crippen LogP contribution is 2.43. The zero-order valence-electron chi connectivity index (χ0n) is 16.2. The second-order valence-electron chi connectivity index (χ2n) is 7.56. The van der Waals surface area contributed by atoms with Gasteiger partial charge in [0.25, 0.3) is 0 Å². The van der Waals surface area contributed by atoms with E-state index in [1.54, 1.807) is 4.68 Å². The lowest BCUT2D eigenvalue weighted by Crippen LogP contribution is -2.31. The second-order valence-corrected chi connectivity index (χ2v) is 7.56. The Bertz CT molecular complexity index is 970. The summed E-state index contributed by atoms with van der Waals surface area (Å²) in [5.41, 5.74) is 5.45. The minimum atomic E-state index is -0.0366. The molecule has 5 nitrogen and oxygen atoms in total. The van der Waals surface area contributed by atoms with Crippen molar-refractivity contribution < 1.29 is 4.79 Å². The third kappa shape index (κ3) is 3.59. The van der Waals surface area contributed by atoms with Crippen LogP contribution in [0.3, 0.4) is 0 Å². The van der Waals surface area contributed by atoms with Crippen LogP contribution in [0.25, 0.3) is 11.0 Å². The van der Waals surface area contributed by atoms with E-state index in [1.165, 1.54) is 24.0 Å². The van der Waals surface area contributed by atoms with Gasteiger partial charge in [0, 0.05) is 11.6 Å². The third-order valence-corrected chi connectivity index (χ3v) is 5.37. The van der Waals surface area contributed by atoms with Gasteiger partial charge in [-0.2, -0.15) is 5.10 Å². The number of rotatable bonds is 6. The van der Waals surface area contributed by atoms with Crippen LogP contribution in [0.5, 0.6) is 0 Å². The van der Waals surface area contributed by atoms with Crippen molar-refractivity contribution >= 4 is 16.9 Å². The lowest BCUT2D eigenvalue weighted by molar-refractivity contribution is -0.122. The fraction of sp³-hybridized carbons (Fsp3) is 0.409. The molecule has 27 heavy (non-hydrogen) atoms. The minimum Gasteiger partial charge on any atom is -0.348 e. The van der Waals surface area contributed by atoms with Gasteiger partial charge in [-0.15, -0.1) is 0 Å². The lowest BCUT2D eigenvalue weighted by Gasteiger charge is -2.18. The number of hydrogen-bond donors (Lipinski definition) is 1. The van der Waals surface area contributed by atoms with E-state index in [1.807, 2.05) is 13.1 Å². The topological polar surface area (TPSA) is 59.8 Å². The molecular weight excluding hydrogens is 336 g/mol. The maximum absolute atomic E-state index is 12.7. The zero-order chi connectivity index (χ0) is 19.0. The summed E-state index contributed by atoms with van der Waals surface area (Å²) in [7, 11) is 0. The molecule has 1 amide bonds. The van der Waals surface area contributed by atoms with E-state index in [0.717, 1.165) is 28.7 Å². The molecule has 5 heteroatoms. The first kappa shape index (κ1) is 17.7. The van der Waals surface area contributed by atoms with Crippen molar-refractivity contribution in [2.75, 3.05) is 0 Å². The van der Waals surface area contributed by atoms with Crippen molar-refractivity contribution in [2.24, 2.45) is 0 Å². The number of pyridine rings is 1. The Morgan fingerprint density at radius 1 is 1.22 bits per heavy atom. The lowest BCUT2D eigenvalue weighted by atomic mass is 10.0. The van der Waals surface area contributed by atoms with Crippen molar-refractivity contribution in [3.05, 3.63) is 58.9 Å². The minimum absolute atomic E-state index is 0.0102. The Labute approximate surface area is 159 Å². The summed E-state index contributed by atoms with van der Waals surface area (Å²) in [5.74, 6) is 0.595. The van der Waals surface area contributed by atoms with Gasteiger partial charge < -0.3 is 5.32 Å². The van der Waals surface area contributed by atoms with Crippen molar-refractivity contribution in [2.45, 2.75) is 58.5 Å². The molecule has 0 bridgehead atoms. The monoisotopic (exact) mass is 362 g/mol. The first-order valence-corrected chi connectivity index (χ1v) is 9.74. The molecule has 2 heterocycles. The van der Waals surface area contributed by atoms with E-state index in [0.29, 0.717) is 5.92 Å². The zero-order valence-corrected chi connectivity index (χ0v) is 16.2. The molecule has 0 spiro atoms. The summed E-state index contributed by atoms with van der Waals surface area (Å²) >= 11 is 0. The molecule has 1 unspecified atom stereocenters. The van der Waals surface area contributed by atoms with Crippen LogP contribution in [-0.2, 0) is 11.3 Å². The summed E-state index contributed by atoms with van der Waals surface area (Å²) < 4.78 is 1.74. The molecule has 1 aliphatic rings. The van der Waals surface area contributed by atoms with Crippen LogP contribution in [0.1, 0.15) is 60.5 Å². The Kier molecular flexibility index (Phi) is 4.68. The van der Waals surface area contributed by atoms with Crippen molar-refractivity contribution in [3.8, 4) is 0 Å². The number of hydrogen-bond acceptors (Lipinski definition) is 3. The summed E-state index contributed by atoms with van der Waals surface area (Å²) in [6, 6.07) is 10.4. The van der Waals surface area contributed by atoms with Crippen LogP contribution in [0.2, 0.25) is 0 Å². The molecule has 4 rings (SSSR count). The smallest absolute Gasteiger partial charge is 0.242 e. The molecule has 1 atom stereocenters. The van der Waals surface area contributed by atoms with E-state index in [-0.39, 0.29) is 18.5 Å². The molecule has 1 N–H and O–H groups in total. The van der Waals surface area contributed by atoms with E-state index in [9.17, 15) is 4.79 Å². The number of fused-ring (bicyclic) bond motifs is 1. The van der Waals surface area contributed by atoms with Gasteiger partial charge in [0.1, 0.15) is 6.54 Å². The van der Waals surface area contributed by atoms with E-state index in [2.05, 4.69) is 59.6 Å². The van der Waals surface area contributed by atoms with Gasteiger partial charge in [0.05, 0.1) is 11.7 Å². The molecule has 2 aromatic heterocycles. The van der Waals surface area contributed by atoms with E-state index in [4.69, 9.17) is 0 Å². The van der Waals surface area contributed by atoms with Gasteiger partial charge in [0.15, 0.2) is 5.65 Å². The molecular formula is C22H26N4O. The molecule has 140 valence electrons. The molecule has 1 saturated carbocycles. The van der Waals surface area contributed by atoms with Crippen molar-refractivity contribution in [1.29, 1.82) is 0 Å². The molecule has 0 radical (unpaired) electrons. The fourth-order valence-corrected chi connectivity index (χ4v) is 3.75. The van der Waals surface area contributed by atoms with Gasteiger partial charge in [-0.05, 0) is 56.2 Å². The second kappa shape index (κ2) is 7.14. The predicted octanol–water partition coefficient (Wildman–Crippen LogP) is 4.19. The third-order valence-electron chi connectivity index (χ3n) is 5.37. The van der Waals surface area contributed by atoms with Gasteiger partial charge in [-0.25, -0.2) is 9.67 Å². The predicted molar refractivity (Wildman–Crippen MR) is 107 cm³/mol. The van der Waals surface area contributed by atoms with Crippen LogP contribution in [0, 0.1) is 13.8 Å². The molecule has 3 aromatic rings. The van der Waals surface area contributed by atoms with Gasteiger partial charge in [-0.3, -0.25) is 4.79 Å². The number of benzene rings is 1. The average molecular weight is 362 g/mol. The highest BCUT2D eigenvalue weighted by atomic mass is 16.2. The number of nitrogens with one attached hydrogen (secondary N) is 1. The van der Waals surface area contributed by atoms with Crippen molar-refractivity contribution in [3.63, 3.8) is 0 Å². The highest BCUT2D eigenvalue weighted by Gasteiger charge is 2.27. The standard InChI is InChI=1S/C22H26N4O/c1-4-19(17-7-5-14(2)6-8-17)24-20(27)13-26-22-21(15(3)25-26)18(11-12-23-22)16-9-10-16/h5-8,11-12,16,19H,4,9-10,13H2,1-3H3,(H,24,27). The SMILES string of the molecule is CCC(NC(=O)Cn1nc(C)c2c(C3CC3)ccnc21)c1ccc(C)cc1. The number of carbonyl (C=O) groups excluding carboxylic acids is 1. The first-order chi connectivity index (χ1) is 13.1. The van der Waals surface area contributed by atoms with E-state index < -0.39 is 0 Å².